The topological polar surface area (TPSA) is 209 Å². The highest BCUT2D eigenvalue weighted by Gasteiger charge is 2.12. The summed E-state index contributed by atoms with van der Waals surface area (Å²) in [5.41, 5.74) is 5.46. The number of phenolic OH excluding ortho intramolecular Hbond substituents is 1. The van der Waals surface area contributed by atoms with Crippen molar-refractivity contribution in [3.8, 4) is 11.5 Å². The molecule has 0 aliphatic rings. The summed E-state index contributed by atoms with van der Waals surface area (Å²) >= 11 is 0. The number of carbonyl (C=O) groups is 4. The number of phenols is 1. The number of rotatable bonds is 11. The number of esters is 1. The number of nitrogens with two attached hydrogens (primary N) is 1. The summed E-state index contributed by atoms with van der Waals surface area (Å²) in [5, 5.41) is 37.3. The molecule has 0 spiro atoms. The number of carboxylic acid groups (broad SMARTS) is 1. The van der Waals surface area contributed by atoms with Gasteiger partial charge in [0.25, 0.3) is 11.8 Å². The Labute approximate surface area is 254 Å². The number of nitrogens with one attached hydrogen (secondary N) is 2. The number of aliphatic hydroxyl groups excluding tert-OH is 2. The van der Waals surface area contributed by atoms with E-state index in [2.05, 4.69) is 30.4 Å². The van der Waals surface area contributed by atoms with Gasteiger partial charge in [0.1, 0.15) is 18.0 Å². The number of benzene rings is 2. The van der Waals surface area contributed by atoms with Gasteiger partial charge in [-0.1, -0.05) is 49.9 Å². The van der Waals surface area contributed by atoms with Gasteiger partial charge in [-0.05, 0) is 43.7 Å². The molecule has 0 aromatic heterocycles. The van der Waals surface area contributed by atoms with Crippen LogP contribution >= 0.6 is 0 Å². The van der Waals surface area contributed by atoms with E-state index in [9.17, 15) is 24.3 Å². The van der Waals surface area contributed by atoms with Crippen LogP contribution in [0.3, 0.4) is 0 Å². The Bertz CT molecular complexity index is 1080. The van der Waals surface area contributed by atoms with Crippen molar-refractivity contribution in [3.63, 3.8) is 0 Å². The van der Waals surface area contributed by atoms with E-state index >= 15 is 0 Å². The minimum atomic E-state index is -1.13. The average molecular weight is 606 g/mol. The van der Waals surface area contributed by atoms with E-state index in [1.54, 1.807) is 54.6 Å². The van der Waals surface area contributed by atoms with E-state index in [1.807, 2.05) is 0 Å². The van der Waals surface area contributed by atoms with Gasteiger partial charge in [0.2, 0.25) is 0 Å². The maximum atomic E-state index is 11.7. The molecule has 0 aliphatic carbocycles. The number of hydrogen-bond acceptors (Lipinski definition) is 9. The maximum Gasteiger partial charge on any atom is 0.322 e. The van der Waals surface area contributed by atoms with Crippen molar-refractivity contribution in [1.82, 2.24) is 10.6 Å². The average Bonchev–Trinajstić information content (AvgIpc) is 2.98. The van der Waals surface area contributed by atoms with Gasteiger partial charge in [0.15, 0.2) is 0 Å². The van der Waals surface area contributed by atoms with Crippen molar-refractivity contribution in [2.75, 3.05) is 33.4 Å². The molecule has 2 aromatic rings. The lowest BCUT2D eigenvalue weighted by molar-refractivity contribution is -0.136. The summed E-state index contributed by atoms with van der Waals surface area (Å²) in [6, 6.07) is 12.5. The molecule has 0 unspecified atom stereocenters. The first-order valence-electron chi connectivity index (χ1n) is 12.5. The van der Waals surface area contributed by atoms with Crippen molar-refractivity contribution in [2.45, 2.75) is 27.2 Å². The summed E-state index contributed by atoms with van der Waals surface area (Å²) in [5.74, 6) is -2.40. The molecule has 240 valence electrons. The maximum absolute atomic E-state index is 11.7. The molecule has 0 aliphatic heterocycles. The number of aliphatic carboxylic acids is 1. The summed E-state index contributed by atoms with van der Waals surface area (Å²) < 4.78 is 4.92. The number of aromatic hydroxyl groups is 1. The number of amides is 2. The van der Waals surface area contributed by atoms with Gasteiger partial charge in [-0.3, -0.25) is 19.2 Å². The molecule has 0 radical (unpaired) electrons. The van der Waals surface area contributed by atoms with E-state index in [0.717, 1.165) is 20.1 Å². The zero-order valence-corrected chi connectivity index (χ0v) is 24.1. The fourth-order valence-corrected chi connectivity index (χ4v) is 2.28. The van der Waals surface area contributed by atoms with Crippen LogP contribution < -0.4 is 21.1 Å². The van der Waals surface area contributed by atoms with Crippen LogP contribution in [0.1, 0.15) is 47.9 Å². The predicted molar refractivity (Wildman–Crippen MR) is 169 cm³/mol. The zero-order valence-electron chi connectivity index (χ0n) is 24.1. The van der Waals surface area contributed by atoms with E-state index < -0.39 is 24.4 Å². The Hall–Kier alpha value is -4.78. The van der Waals surface area contributed by atoms with E-state index in [1.165, 1.54) is 19.1 Å². The van der Waals surface area contributed by atoms with Crippen molar-refractivity contribution in [1.29, 1.82) is 0 Å². The lowest BCUT2D eigenvalue weighted by Crippen LogP contribution is -2.29. The molecule has 8 N–H and O–H groups in total. The van der Waals surface area contributed by atoms with Crippen molar-refractivity contribution in [3.05, 3.63) is 97.6 Å². The fraction of sp³-hybridized carbons (Fsp3) is 0.290. The van der Waals surface area contributed by atoms with E-state index in [0.29, 0.717) is 18.5 Å². The third-order valence-electron chi connectivity index (χ3n) is 4.05. The van der Waals surface area contributed by atoms with Crippen LogP contribution in [0, 0.1) is 0 Å². The Morgan fingerprint density at radius 1 is 0.860 bits per heavy atom. The number of ether oxygens (including phenoxy) is 1. The summed E-state index contributed by atoms with van der Waals surface area (Å²) in [4.78, 5) is 43.9. The highest BCUT2D eigenvalue weighted by atomic mass is 16.5. The summed E-state index contributed by atoms with van der Waals surface area (Å²) in [6.07, 6.45) is 6.70. The van der Waals surface area contributed by atoms with Gasteiger partial charge < -0.3 is 41.5 Å². The summed E-state index contributed by atoms with van der Waals surface area (Å²) in [7, 11) is 1.00. The van der Waals surface area contributed by atoms with E-state index in [-0.39, 0.29) is 37.0 Å². The van der Waals surface area contributed by atoms with Crippen molar-refractivity contribution < 1.29 is 44.3 Å². The minimum Gasteiger partial charge on any atom is -0.507 e. The number of carboxylic acids is 1. The largest absolute Gasteiger partial charge is 0.507 e. The Balaban J connectivity index is -0.000000256. The monoisotopic (exact) mass is 605 g/mol. The zero-order chi connectivity index (χ0) is 32.8. The van der Waals surface area contributed by atoms with Crippen LogP contribution in [-0.2, 0) is 9.59 Å². The smallest absolute Gasteiger partial charge is 0.322 e. The Morgan fingerprint density at radius 2 is 1.37 bits per heavy atom. The molecule has 2 rings (SSSR count). The number of hydrogen-bond donors (Lipinski definition) is 7. The van der Waals surface area contributed by atoms with Crippen LogP contribution in [0.15, 0.2) is 86.5 Å². The van der Waals surface area contributed by atoms with Gasteiger partial charge in [-0.25, -0.2) is 0 Å². The number of aliphatic hydroxyl groups is 2. The highest BCUT2D eigenvalue weighted by molar-refractivity contribution is 5.98. The molecule has 2 aromatic carbocycles. The van der Waals surface area contributed by atoms with Gasteiger partial charge >= 0.3 is 11.9 Å². The molecule has 0 fully saturated rings. The molecule has 2 amide bonds. The fourth-order valence-electron chi connectivity index (χ4n) is 2.28. The number of para-hydroxylation sites is 2. The van der Waals surface area contributed by atoms with Crippen molar-refractivity contribution in [2.24, 2.45) is 5.73 Å². The second-order valence-electron chi connectivity index (χ2n) is 7.35. The molecule has 0 heterocycles. The third kappa shape index (κ3) is 25.9. The SMILES string of the molecule is C.C=CCCN.C=CCCO.C=CCNC(=O)c1ccccc1OC(C)=O.CO.O=C(O)CNC(=O)c1ccccc1O. The first-order valence-corrected chi connectivity index (χ1v) is 12.5. The molecule has 12 nitrogen and oxygen atoms in total. The Morgan fingerprint density at radius 3 is 1.77 bits per heavy atom. The number of carbonyl (C=O) groups excluding carboxylic acids is 3. The van der Waals surface area contributed by atoms with Crippen LogP contribution in [0.25, 0.3) is 0 Å². The molecule has 0 bridgehead atoms. The minimum absolute atomic E-state index is 0. The van der Waals surface area contributed by atoms with E-state index in [4.69, 9.17) is 25.8 Å². The first-order chi connectivity index (χ1) is 20.1. The normalized spacial score (nSPS) is 8.40. The molecule has 12 heteroatoms. The molecule has 43 heavy (non-hydrogen) atoms. The summed E-state index contributed by atoms with van der Waals surface area (Å²) in [6.45, 7) is 12.5. The molecule has 0 atom stereocenters. The van der Waals surface area contributed by atoms with Gasteiger partial charge in [0.05, 0.1) is 11.1 Å². The van der Waals surface area contributed by atoms with Crippen LogP contribution in [0.5, 0.6) is 11.5 Å². The molecule has 0 saturated heterocycles. The van der Waals surface area contributed by atoms with Gasteiger partial charge in [0, 0.05) is 27.2 Å². The lowest BCUT2D eigenvalue weighted by Gasteiger charge is -2.07. The lowest BCUT2D eigenvalue weighted by atomic mass is 10.2. The van der Waals surface area contributed by atoms with Crippen LogP contribution in [0.4, 0.5) is 0 Å². The van der Waals surface area contributed by atoms with Crippen LogP contribution in [0.2, 0.25) is 0 Å². The standard InChI is InChI=1S/C12H13NO3.C9H9NO4.C4H9N.C4H8O.CH4O.CH4/c1-3-8-13-12(15)10-6-4-5-7-11(10)16-9(2)14;11-7-4-2-1-3-6(7)9(14)10-5-8(12)13;2*1-2-3-4-5;1-2;/h3-7H,1,8H2,2H3,(H,13,15);1-4,11H,5H2,(H,10,14)(H,12,13);2H,1,3-5H2;2,5H,1,3-4H2;2H,1H3;1H4. The second-order valence-corrected chi connectivity index (χ2v) is 7.35. The molecular formula is C31H47N3O9. The van der Waals surface area contributed by atoms with Crippen LogP contribution in [-0.4, -0.2) is 77.5 Å². The molecular weight excluding hydrogens is 558 g/mol. The first kappa shape index (κ1) is 45.2. The van der Waals surface area contributed by atoms with Gasteiger partial charge in [-0.15, -0.1) is 19.7 Å². The van der Waals surface area contributed by atoms with Gasteiger partial charge in [-0.2, -0.15) is 0 Å². The predicted octanol–water partition coefficient (Wildman–Crippen LogP) is 3.05. The highest BCUT2D eigenvalue weighted by Crippen LogP contribution is 2.18. The van der Waals surface area contributed by atoms with Crippen molar-refractivity contribution >= 4 is 23.8 Å². The quantitative estimate of drug-likeness (QED) is 0.113. The second kappa shape index (κ2) is 31.7. The Kier molecular flexibility index (Phi) is 33.4. The molecule has 0 saturated carbocycles. The third-order valence-corrected chi connectivity index (χ3v) is 4.05.